The fraction of sp³-hybridized carbons (Fsp3) is 0.516. The van der Waals surface area contributed by atoms with Gasteiger partial charge in [0.2, 0.25) is 17.6 Å². The molecule has 268 valence electrons. The van der Waals surface area contributed by atoms with Crippen LogP contribution in [0.5, 0.6) is 5.75 Å². The highest BCUT2D eigenvalue weighted by molar-refractivity contribution is 5.91. The molecular formula is C31H40F5N3O9. The highest BCUT2D eigenvalue weighted by Gasteiger charge is 2.33. The predicted molar refractivity (Wildman–Crippen MR) is 159 cm³/mol. The fourth-order valence-corrected chi connectivity index (χ4v) is 4.30. The van der Waals surface area contributed by atoms with Crippen LogP contribution in [0.25, 0.3) is 0 Å². The molecule has 2 rings (SSSR count). The first-order valence-corrected chi connectivity index (χ1v) is 15.0. The summed E-state index contributed by atoms with van der Waals surface area (Å²) in [5.41, 5.74) is -1.99. The number of unbranched alkanes of at least 4 members (excludes halogenated alkanes) is 2. The van der Waals surface area contributed by atoms with E-state index in [9.17, 15) is 36.3 Å². The van der Waals surface area contributed by atoms with Gasteiger partial charge in [-0.1, -0.05) is 31.9 Å². The van der Waals surface area contributed by atoms with Crippen molar-refractivity contribution in [1.82, 2.24) is 16.0 Å². The van der Waals surface area contributed by atoms with Crippen LogP contribution in [0.15, 0.2) is 24.3 Å². The topological polar surface area (TPSA) is 165 Å². The zero-order valence-corrected chi connectivity index (χ0v) is 26.8. The van der Waals surface area contributed by atoms with Gasteiger partial charge in [-0.25, -0.2) is 36.5 Å². The number of hydrogen-bond acceptors (Lipinski definition) is 9. The second-order valence-corrected chi connectivity index (χ2v) is 11.7. The summed E-state index contributed by atoms with van der Waals surface area (Å²) in [6.07, 6.45) is -1.20. The fourth-order valence-electron chi connectivity index (χ4n) is 4.30. The Bertz CT molecular complexity index is 1340. The van der Waals surface area contributed by atoms with E-state index in [4.69, 9.17) is 20.0 Å². The van der Waals surface area contributed by atoms with Crippen molar-refractivity contribution in [2.24, 2.45) is 0 Å². The number of alkyl carbamates (subject to hydrolysis) is 1. The number of hydrogen-bond donors (Lipinski definition) is 5. The molecule has 2 unspecified atom stereocenters. The van der Waals surface area contributed by atoms with Gasteiger partial charge in [0.15, 0.2) is 29.4 Å². The molecule has 0 spiro atoms. The van der Waals surface area contributed by atoms with Gasteiger partial charge in [-0.2, -0.15) is 0 Å². The van der Waals surface area contributed by atoms with E-state index in [0.717, 1.165) is 12.8 Å². The molecule has 2 aromatic carbocycles. The number of rotatable bonds is 18. The predicted octanol–water partition coefficient (Wildman–Crippen LogP) is 4.58. The highest BCUT2D eigenvalue weighted by Crippen LogP contribution is 2.24. The summed E-state index contributed by atoms with van der Waals surface area (Å²) in [5.74, 6) is -12.9. The van der Waals surface area contributed by atoms with E-state index in [1.807, 2.05) is 6.92 Å². The number of carbonyl (C=O) groups is 3. The normalized spacial score (nSPS) is 12.8. The molecule has 48 heavy (non-hydrogen) atoms. The number of ether oxygens (including phenoxy) is 2. The second kappa shape index (κ2) is 19.1. The molecule has 2 aromatic rings. The van der Waals surface area contributed by atoms with Crippen LogP contribution in [0, 0.1) is 29.1 Å². The van der Waals surface area contributed by atoms with E-state index in [1.165, 1.54) is 45.0 Å². The average Bonchev–Trinajstić information content (AvgIpc) is 3.02. The van der Waals surface area contributed by atoms with E-state index in [0.29, 0.717) is 12.0 Å². The lowest BCUT2D eigenvalue weighted by Crippen LogP contribution is -2.55. The first kappa shape index (κ1) is 40.1. The summed E-state index contributed by atoms with van der Waals surface area (Å²) >= 11 is 0. The molecule has 12 nitrogen and oxygen atoms in total. The maximum absolute atomic E-state index is 14.6. The van der Waals surface area contributed by atoms with E-state index in [1.54, 1.807) is 0 Å². The average molecular weight is 694 g/mol. The zero-order chi connectivity index (χ0) is 36.0. The Morgan fingerprint density at radius 1 is 0.771 bits per heavy atom. The molecule has 0 radical (unpaired) electrons. The van der Waals surface area contributed by atoms with Crippen molar-refractivity contribution in [3.63, 3.8) is 0 Å². The maximum atomic E-state index is 14.6. The minimum atomic E-state index is -2.40. The number of nitrogens with one attached hydrogen (secondary N) is 3. The molecule has 0 saturated heterocycles. The summed E-state index contributed by atoms with van der Waals surface area (Å²) in [7, 11) is 0. The molecule has 17 heteroatoms. The molecule has 0 saturated carbocycles. The van der Waals surface area contributed by atoms with Crippen molar-refractivity contribution < 1.29 is 66.1 Å². The summed E-state index contributed by atoms with van der Waals surface area (Å²) < 4.78 is 81.5. The summed E-state index contributed by atoms with van der Waals surface area (Å²) in [5, 5.41) is 24.5. The molecular weight excluding hydrogens is 653 g/mol. The Kier molecular flexibility index (Phi) is 15.9. The molecule has 0 heterocycles. The Hall–Kier alpha value is -4.06. The lowest BCUT2D eigenvalue weighted by molar-refractivity contribution is -0.286. The van der Waals surface area contributed by atoms with Crippen molar-refractivity contribution in [2.45, 2.75) is 83.6 Å². The molecule has 2 atom stereocenters. The smallest absolute Gasteiger partial charge is 0.408 e. The van der Waals surface area contributed by atoms with Crippen LogP contribution in [0.3, 0.4) is 0 Å². The van der Waals surface area contributed by atoms with Gasteiger partial charge in [-0.05, 0) is 44.9 Å². The lowest BCUT2D eigenvalue weighted by atomic mass is 10.0. The largest absolute Gasteiger partial charge is 0.485 e. The van der Waals surface area contributed by atoms with Crippen molar-refractivity contribution in [3.05, 3.63) is 64.5 Å². The standard InChI is InChI=1S/C31H40F5N3O9/c1-5-6-7-12-37-28(40)21(13-17-8-10-18(11-9-17)47-19(15-45-43)16-46-44)38-29(41)22(39-30(42)48-31(2,3)4)14-20-23(32)25(34)27(36)26(35)24(20)33/h8-11,19,21-22,43-44H,5-7,12-16H2,1-4H3,(H,37,40)(H,38,41)(H,39,42). The van der Waals surface area contributed by atoms with Gasteiger partial charge in [-0.15, -0.1) is 0 Å². The second-order valence-electron chi connectivity index (χ2n) is 11.7. The van der Waals surface area contributed by atoms with Crippen LogP contribution in [-0.4, -0.2) is 72.0 Å². The Morgan fingerprint density at radius 3 is 1.83 bits per heavy atom. The third kappa shape index (κ3) is 12.5. The molecule has 0 aromatic heterocycles. The Balaban J connectivity index is 2.40. The molecule has 3 amide bonds. The third-order valence-corrected chi connectivity index (χ3v) is 6.62. The van der Waals surface area contributed by atoms with Gasteiger partial charge in [0, 0.05) is 24.9 Å². The molecule has 0 fully saturated rings. The molecule has 0 aliphatic rings. The molecule has 0 bridgehead atoms. The van der Waals surface area contributed by atoms with Gasteiger partial charge < -0.3 is 25.4 Å². The lowest BCUT2D eigenvalue weighted by Gasteiger charge is -2.26. The van der Waals surface area contributed by atoms with Crippen molar-refractivity contribution in [1.29, 1.82) is 0 Å². The van der Waals surface area contributed by atoms with Gasteiger partial charge in [-0.3, -0.25) is 20.1 Å². The number of carbonyl (C=O) groups excluding carboxylic acids is 3. The zero-order valence-electron chi connectivity index (χ0n) is 26.8. The highest BCUT2D eigenvalue weighted by atomic mass is 19.2. The van der Waals surface area contributed by atoms with Crippen molar-refractivity contribution in [2.75, 3.05) is 19.8 Å². The summed E-state index contributed by atoms with van der Waals surface area (Å²) in [6.45, 7) is 6.00. The van der Waals surface area contributed by atoms with Gasteiger partial charge in [0.1, 0.15) is 36.6 Å². The van der Waals surface area contributed by atoms with Crippen LogP contribution in [0.2, 0.25) is 0 Å². The van der Waals surface area contributed by atoms with Gasteiger partial charge >= 0.3 is 6.09 Å². The summed E-state index contributed by atoms with van der Waals surface area (Å²) in [4.78, 5) is 47.4. The maximum Gasteiger partial charge on any atom is 0.408 e. The third-order valence-electron chi connectivity index (χ3n) is 6.62. The first-order chi connectivity index (χ1) is 22.6. The van der Waals surface area contributed by atoms with Crippen molar-refractivity contribution in [3.8, 4) is 5.75 Å². The van der Waals surface area contributed by atoms with Crippen LogP contribution in [0.1, 0.15) is 58.1 Å². The first-order valence-electron chi connectivity index (χ1n) is 15.0. The quantitative estimate of drug-likeness (QED) is 0.0376. The Morgan fingerprint density at radius 2 is 1.31 bits per heavy atom. The van der Waals surface area contributed by atoms with E-state index >= 15 is 0 Å². The minimum Gasteiger partial charge on any atom is -0.485 e. The monoisotopic (exact) mass is 693 g/mol. The Labute approximate surface area is 273 Å². The molecule has 0 aliphatic carbocycles. The van der Waals surface area contributed by atoms with Crippen molar-refractivity contribution >= 4 is 17.9 Å². The van der Waals surface area contributed by atoms with Crippen LogP contribution in [-0.2, 0) is 36.9 Å². The number of halogens is 5. The minimum absolute atomic E-state index is 0.157. The van der Waals surface area contributed by atoms with E-state index in [-0.39, 0.29) is 31.9 Å². The van der Waals surface area contributed by atoms with Crippen LogP contribution in [0.4, 0.5) is 26.7 Å². The van der Waals surface area contributed by atoms with Crippen LogP contribution < -0.4 is 20.7 Å². The van der Waals surface area contributed by atoms with Gasteiger partial charge in [0.25, 0.3) is 0 Å². The molecule has 0 aliphatic heterocycles. The SMILES string of the molecule is CCCCCNC(=O)C(Cc1ccc(OC(COO)COO)cc1)NC(=O)C(Cc1c(F)c(F)c(F)c(F)c1F)NC(=O)OC(C)(C)C. The van der Waals surface area contributed by atoms with E-state index < -0.39 is 82.8 Å². The van der Waals surface area contributed by atoms with Gasteiger partial charge in [0.05, 0.1) is 0 Å². The van der Waals surface area contributed by atoms with E-state index in [2.05, 4.69) is 25.7 Å². The summed E-state index contributed by atoms with van der Waals surface area (Å²) in [6, 6.07) is 2.71. The molecule has 5 N–H and O–H groups in total. The number of benzene rings is 2. The van der Waals surface area contributed by atoms with Crippen LogP contribution >= 0.6 is 0 Å². The number of amides is 3.